The fraction of sp³-hybridized carbons (Fsp3) is 0.429. The molecule has 4 aliphatic heterocycles. The summed E-state index contributed by atoms with van der Waals surface area (Å²) in [5.74, 6) is 2.20. The molecule has 11 nitrogen and oxygen atoms in total. The van der Waals surface area contributed by atoms with Gasteiger partial charge in [0.2, 0.25) is 0 Å². The summed E-state index contributed by atoms with van der Waals surface area (Å²) in [5.41, 5.74) is 3.93. The molecule has 0 unspecified atom stereocenters. The van der Waals surface area contributed by atoms with Crippen LogP contribution in [0.4, 0.5) is 11.4 Å². The summed E-state index contributed by atoms with van der Waals surface area (Å²) in [7, 11) is 3.61. The third kappa shape index (κ3) is 7.59. The van der Waals surface area contributed by atoms with Crippen LogP contribution in [0.15, 0.2) is 58.6 Å². The molecule has 0 radical (unpaired) electrons. The van der Waals surface area contributed by atoms with Gasteiger partial charge in [0.05, 0.1) is 69.2 Å². The first-order valence-corrected chi connectivity index (χ1v) is 21.1. The predicted octanol–water partition coefficient (Wildman–Crippen LogP) is 6.51. The quantitative estimate of drug-likeness (QED) is 0.0930. The lowest BCUT2D eigenvalue weighted by Gasteiger charge is -2.21. The second-order valence-electron chi connectivity index (χ2n) is 12.4. The first-order chi connectivity index (χ1) is 23.6. The maximum Gasteiger partial charge on any atom is 0.257 e. The highest BCUT2D eigenvalue weighted by Gasteiger charge is 2.36. The van der Waals surface area contributed by atoms with Crippen LogP contribution in [0, 0.1) is 0 Å². The van der Waals surface area contributed by atoms with Crippen molar-refractivity contribution in [3.63, 3.8) is 0 Å². The van der Waals surface area contributed by atoms with Crippen molar-refractivity contribution < 1.29 is 33.1 Å². The third-order valence-corrected chi connectivity index (χ3v) is 14.3. The molecule has 0 aromatic heterocycles. The zero-order chi connectivity index (χ0) is 34.7. The van der Waals surface area contributed by atoms with Gasteiger partial charge in [-0.3, -0.25) is 19.6 Å². The molecule has 4 heterocycles. The van der Waals surface area contributed by atoms with Gasteiger partial charge in [-0.25, -0.2) is 0 Å². The molecular weight excluding hydrogens is 684 g/mol. The number of nitrogens with zero attached hydrogens (tertiary/aromatic N) is 4. The Morgan fingerprint density at radius 2 is 1.24 bits per heavy atom. The molecule has 0 bridgehead atoms. The van der Waals surface area contributed by atoms with E-state index < -0.39 is 7.14 Å². The molecule has 14 heteroatoms. The van der Waals surface area contributed by atoms with Crippen LogP contribution in [0.1, 0.15) is 33.6 Å². The van der Waals surface area contributed by atoms with Gasteiger partial charge in [-0.15, -0.1) is 0 Å². The lowest BCUT2D eigenvalue weighted by molar-refractivity contribution is 0.0769. The standard InChI is InChI=1S/C35H41N4O7PS2/c1-22-12-24-18-36-28-16-32(30(43-3)14-26(28)34(40)38(24)20-22)45-6-8-47(42,10-11-49-48-5)9-7-46-33-17-29-27(15-31(33)44-4)35(41)39-21-23(2)13-25(39)19-37-29/h14-19,24-25H,1-2,6-13,20-21H2,3-5H3/t24-,25-/m0/s1. The molecule has 0 saturated carbocycles. The van der Waals surface area contributed by atoms with Gasteiger partial charge in [0, 0.05) is 61.9 Å². The Hall–Kier alpha value is -3.67. The highest BCUT2D eigenvalue weighted by atomic mass is 33.1. The molecule has 2 aromatic rings. The van der Waals surface area contributed by atoms with Crippen molar-refractivity contribution in [1.82, 2.24) is 9.80 Å². The predicted molar refractivity (Wildman–Crippen MR) is 199 cm³/mol. The number of hydrogen-bond acceptors (Lipinski definition) is 11. The summed E-state index contributed by atoms with van der Waals surface area (Å²) in [5, 5.41) is 0. The van der Waals surface area contributed by atoms with Crippen LogP contribution in [0.2, 0.25) is 0 Å². The number of fused-ring (bicyclic) bond motifs is 4. The summed E-state index contributed by atoms with van der Waals surface area (Å²) in [6.45, 7) is 9.46. The van der Waals surface area contributed by atoms with Gasteiger partial charge in [0.25, 0.3) is 11.8 Å². The number of carbonyl (C=O) groups is 2. The zero-order valence-corrected chi connectivity index (χ0v) is 30.5. The van der Waals surface area contributed by atoms with Crippen LogP contribution in [0.5, 0.6) is 23.0 Å². The number of aliphatic imine (C=N–C) groups is 2. The number of rotatable bonds is 14. The highest BCUT2D eigenvalue weighted by Crippen LogP contribution is 2.47. The Kier molecular flexibility index (Phi) is 10.8. The molecule has 2 amide bonds. The Bertz CT molecular complexity index is 1660. The van der Waals surface area contributed by atoms with Crippen molar-refractivity contribution in [1.29, 1.82) is 0 Å². The minimum absolute atomic E-state index is 0.116. The van der Waals surface area contributed by atoms with E-state index in [2.05, 4.69) is 23.1 Å². The Balaban J connectivity index is 1.13. The molecule has 0 N–H and O–H groups in total. The molecule has 2 saturated heterocycles. The minimum Gasteiger partial charge on any atom is -0.493 e. The molecule has 260 valence electrons. The molecule has 49 heavy (non-hydrogen) atoms. The molecule has 6 rings (SSSR count). The number of benzene rings is 2. The van der Waals surface area contributed by atoms with Crippen molar-refractivity contribution in [3.8, 4) is 23.0 Å². The van der Waals surface area contributed by atoms with E-state index in [1.807, 2.05) is 6.26 Å². The number of amides is 2. The smallest absolute Gasteiger partial charge is 0.257 e. The summed E-state index contributed by atoms with van der Waals surface area (Å²) >= 11 is 0. The summed E-state index contributed by atoms with van der Waals surface area (Å²) < 4.78 is 37.8. The van der Waals surface area contributed by atoms with Crippen molar-refractivity contribution >= 4 is 64.3 Å². The second kappa shape index (κ2) is 15.1. The second-order valence-corrected chi connectivity index (χ2v) is 18.6. The van der Waals surface area contributed by atoms with E-state index in [4.69, 9.17) is 18.9 Å². The number of methoxy groups -OCH3 is 2. The van der Waals surface area contributed by atoms with Crippen molar-refractivity contribution in [2.45, 2.75) is 24.9 Å². The Morgan fingerprint density at radius 3 is 1.67 bits per heavy atom. The van der Waals surface area contributed by atoms with Crippen LogP contribution in [-0.4, -0.2) is 117 Å². The monoisotopic (exact) mass is 724 g/mol. The lowest BCUT2D eigenvalue weighted by Crippen LogP contribution is -2.35. The topological polar surface area (TPSA) is 119 Å². The van der Waals surface area contributed by atoms with E-state index in [0.29, 0.717) is 89.9 Å². The molecule has 2 atom stereocenters. The zero-order valence-electron chi connectivity index (χ0n) is 28.0. The minimum atomic E-state index is -2.75. The van der Waals surface area contributed by atoms with Gasteiger partial charge in [0.1, 0.15) is 0 Å². The molecule has 0 spiro atoms. The van der Waals surface area contributed by atoms with Crippen LogP contribution in [0.25, 0.3) is 0 Å². The molecular formula is C35H41N4O7PS2. The fourth-order valence-electron chi connectivity index (χ4n) is 6.48. The first kappa shape index (κ1) is 35.2. The first-order valence-electron chi connectivity index (χ1n) is 16.1. The average Bonchev–Trinajstić information content (AvgIpc) is 3.60. The van der Waals surface area contributed by atoms with E-state index in [-0.39, 0.29) is 37.1 Å². The van der Waals surface area contributed by atoms with Crippen molar-refractivity contribution in [3.05, 3.63) is 59.7 Å². The van der Waals surface area contributed by atoms with E-state index in [0.717, 1.165) is 16.9 Å². The van der Waals surface area contributed by atoms with Gasteiger partial charge in [-0.05, 0) is 31.2 Å². The molecule has 0 aliphatic carbocycles. The fourth-order valence-corrected chi connectivity index (χ4v) is 11.0. The van der Waals surface area contributed by atoms with E-state index in [9.17, 15) is 14.2 Å². The largest absolute Gasteiger partial charge is 0.493 e. The Morgan fingerprint density at radius 1 is 0.776 bits per heavy atom. The average molecular weight is 725 g/mol. The number of ether oxygens (including phenoxy) is 4. The van der Waals surface area contributed by atoms with Gasteiger partial charge >= 0.3 is 0 Å². The van der Waals surface area contributed by atoms with E-state index >= 15 is 0 Å². The lowest BCUT2D eigenvalue weighted by atomic mass is 10.1. The van der Waals surface area contributed by atoms with Gasteiger partial charge in [-0.2, -0.15) is 0 Å². The van der Waals surface area contributed by atoms with Crippen LogP contribution >= 0.6 is 28.7 Å². The third-order valence-electron chi connectivity index (χ3n) is 9.11. The Labute approximate surface area is 295 Å². The highest BCUT2D eigenvalue weighted by molar-refractivity contribution is 8.76. The van der Waals surface area contributed by atoms with Crippen LogP contribution in [0.3, 0.4) is 0 Å². The normalized spacial score (nSPS) is 19.7. The van der Waals surface area contributed by atoms with Gasteiger partial charge < -0.3 is 33.3 Å². The summed E-state index contributed by atoms with van der Waals surface area (Å²) in [6.07, 6.45) is 8.15. The maximum absolute atomic E-state index is 14.3. The summed E-state index contributed by atoms with van der Waals surface area (Å²) in [6, 6.07) is 6.54. The van der Waals surface area contributed by atoms with Gasteiger partial charge in [-0.1, -0.05) is 45.9 Å². The van der Waals surface area contributed by atoms with E-state index in [1.165, 1.54) is 14.2 Å². The number of hydrogen-bond donors (Lipinski definition) is 0. The molecule has 2 fully saturated rings. The summed E-state index contributed by atoms with van der Waals surface area (Å²) in [4.78, 5) is 39.4. The van der Waals surface area contributed by atoms with Crippen molar-refractivity contribution in [2.75, 3.05) is 71.0 Å². The number of carbonyl (C=O) groups excluding carboxylic acids is 2. The molecule has 4 aliphatic rings. The van der Waals surface area contributed by atoms with Crippen LogP contribution in [-0.2, 0) is 4.57 Å². The van der Waals surface area contributed by atoms with Crippen LogP contribution < -0.4 is 18.9 Å². The van der Waals surface area contributed by atoms with Crippen molar-refractivity contribution in [2.24, 2.45) is 9.98 Å². The SMILES string of the molecule is C=C1C[C@H]2C=Nc3cc(OCCP(=O)(CCOc4cc5c(cc4OC)C(=O)N4CC(=C)C[C@H]4C=N5)CCSSC)c(OC)cc3C(=O)N2C1. The maximum atomic E-state index is 14.3. The van der Waals surface area contributed by atoms with Gasteiger partial charge in [0.15, 0.2) is 23.0 Å². The van der Waals surface area contributed by atoms with E-state index in [1.54, 1.807) is 68.1 Å². The molecule has 2 aromatic carbocycles.